The normalized spacial score (nSPS) is 16.8. The maximum atomic E-state index is 12.4. The van der Waals surface area contributed by atoms with Gasteiger partial charge in [0.1, 0.15) is 5.75 Å². The van der Waals surface area contributed by atoms with E-state index in [9.17, 15) is 9.59 Å². The zero-order chi connectivity index (χ0) is 18.2. The Morgan fingerprint density at radius 3 is 2.64 bits per heavy atom. The summed E-state index contributed by atoms with van der Waals surface area (Å²) in [4.78, 5) is 25.2. The summed E-state index contributed by atoms with van der Waals surface area (Å²) in [7, 11) is 0. The third-order valence-corrected chi connectivity index (χ3v) is 4.64. The predicted octanol–water partition coefficient (Wildman–Crippen LogP) is 2.99. The first-order valence-corrected chi connectivity index (χ1v) is 9.00. The van der Waals surface area contributed by atoms with Crippen molar-refractivity contribution in [1.29, 1.82) is 0 Å². The van der Waals surface area contributed by atoms with Crippen LogP contribution in [0.1, 0.15) is 45.1 Å². The van der Waals surface area contributed by atoms with Gasteiger partial charge in [0.15, 0.2) is 0 Å². The van der Waals surface area contributed by atoms with Gasteiger partial charge in [-0.15, -0.1) is 0 Å². The maximum absolute atomic E-state index is 12.4. The van der Waals surface area contributed by atoms with Gasteiger partial charge < -0.3 is 15.4 Å². The number of para-hydroxylation sites is 1. The average Bonchev–Trinajstić information content (AvgIpc) is 2.60. The molecule has 1 aromatic carbocycles. The van der Waals surface area contributed by atoms with Gasteiger partial charge in [-0.2, -0.15) is 0 Å². The fraction of sp³-hybridized carbons (Fsp3) is 0.500. The van der Waals surface area contributed by atoms with Crippen molar-refractivity contribution in [3.8, 4) is 5.75 Å². The van der Waals surface area contributed by atoms with Crippen LogP contribution in [0.5, 0.6) is 5.75 Å². The molecule has 1 unspecified atom stereocenters. The highest BCUT2D eigenvalue weighted by atomic mass is 16.5. The molecule has 1 fully saturated rings. The number of piperidine rings is 1. The molecule has 0 spiro atoms. The number of carbonyl (C=O) groups excluding carboxylic acids is 2. The van der Waals surface area contributed by atoms with Gasteiger partial charge >= 0.3 is 0 Å². The lowest BCUT2D eigenvalue weighted by Gasteiger charge is -2.30. The molecule has 0 radical (unpaired) electrons. The molecule has 1 aromatic rings. The number of likely N-dealkylation sites (tertiary alicyclic amines) is 1. The molecule has 0 aromatic heterocycles. The molecule has 0 bridgehead atoms. The predicted molar refractivity (Wildman–Crippen MR) is 99.0 cm³/mol. The second-order valence-corrected chi connectivity index (χ2v) is 6.65. The Morgan fingerprint density at radius 1 is 1.32 bits per heavy atom. The quantitative estimate of drug-likeness (QED) is 0.773. The number of nitrogens with zero attached hydrogens (tertiary/aromatic N) is 1. The molecule has 5 nitrogen and oxygen atoms in total. The van der Waals surface area contributed by atoms with Crippen LogP contribution in [0.2, 0.25) is 0 Å². The van der Waals surface area contributed by atoms with E-state index < -0.39 is 0 Å². The Kier molecular flexibility index (Phi) is 7.04. The highest BCUT2D eigenvalue weighted by Gasteiger charge is 2.22. The Hall–Kier alpha value is -2.30. The SMILES string of the molecule is CCC(C)Oc1ccccc1/C=C/C(=O)N1CCC(CC(N)=O)CC1. The number of primary amides is 1. The van der Waals surface area contributed by atoms with Crippen molar-refractivity contribution >= 4 is 17.9 Å². The second kappa shape index (κ2) is 9.25. The van der Waals surface area contributed by atoms with Crippen molar-refractivity contribution in [3.05, 3.63) is 35.9 Å². The number of rotatable bonds is 7. The summed E-state index contributed by atoms with van der Waals surface area (Å²) in [5.74, 6) is 0.828. The highest BCUT2D eigenvalue weighted by molar-refractivity contribution is 5.92. The lowest BCUT2D eigenvalue weighted by Crippen LogP contribution is -2.38. The van der Waals surface area contributed by atoms with E-state index in [-0.39, 0.29) is 17.9 Å². The summed E-state index contributed by atoms with van der Waals surface area (Å²) >= 11 is 0. The Labute approximate surface area is 149 Å². The van der Waals surface area contributed by atoms with Crippen LogP contribution < -0.4 is 10.5 Å². The molecule has 1 aliphatic heterocycles. The van der Waals surface area contributed by atoms with Gasteiger partial charge in [0.25, 0.3) is 0 Å². The fourth-order valence-electron chi connectivity index (χ4n) is 2.93. The van der Waals surface area contributed by atoms with Crippen molar-refractivity contribution in [1.82, 2.24) is 4.90 Å². The van der Waals surface area contributed by atoms with Crippen molar-refractivity contribution < 1.29 is 14.3 Å². The smallest absolute Gasteiger partial charge is 0.246 e. The van der Waals surface area contributed by atoms with E-state index >= 15 is 0 Å². The highest BCUT2D eigenvalue weighted by Crippen LogP contribution is 2.23. The van der Waals surface area contributed by atoms with E-state index in [0.717, 1.165) is 30.6 Å². The van der Waals surface area contributed by atoms with Crippen LogP contribution in [0, 0.1) is 5.92 Å². The number of hydrogen-bond acceptors (Lipinski definition) is 3. The first kappa shape index (κ1) is 19.0. The summed E-state index contributed by atoms with van der Waals surface area (Å²) in [5, 5.41) is 0. The van der Waals surface area contributed by atoms with Crippen LogP contribution in [0.15, 0.2) is 30.3 Å². The van der Waals surface area contributed by atoms with E-state index in [1.54, 1.807) is 6.08 Å². The summed E-state index contributed by atoms with van der Waals surface area (Å²) in [6.45, 7) is 5.45. The minimum Gasteiger partial charge on any atom is -0.490 e. The van der Waals surface area contributed by atoms with Crippen molar-refractivity contribution in [2.24, 2.45) is 11.7 Å². The van der Waals surface area contributed by atoms with E-state index in [0.29, 0.717) is 25.4 Å². The molecule has 2 N–H and O–H groups in total. The molecular weight excluding hydrogens is 316 g/mol. The lowest BCUT2D eigenvalue weighted by atomic mass is 9.93. The van der Waals surface area contributed by atoms with Gasteiger partial charge in [-0.25, -0.2) is 0 Å². The van der Waals surface area contributed by atoms with Crippen molar-refractivity contribution in [2.75, 3.05) is 13.1 Å². The fourth-order valence-corrected chi connectivity index (χ4v) is 2.93. The standard InChI is InChI=1S/C20H28N2O3/c1-3-15(2)25-18-7-5-4-6-17(18)8-9-20(24)22-12-10-16(11-13-22)14-19(21)23/h4-9,15-16H,3,10-14H2,1-2H3,(H2,21,23)/b9-8+. The number of nitrogens with two attached hydrogens (primary N) is 1. The molecule has 1 saturated heterocycles. The number of hydrogen-bond donors (Lipinski definition) is 1. The van der Waals surface area contributed by atoms with Crippen LogP contribution in [0.4, 0.5) is 0 Å². The molecule has 2 amide bonds. The molecule has 1 aliphatic rings. The topological polar surface area (TPSA) is 72.6 Å². The van der Waals surface area contributed by atoms with Crippen LogP contribution >= 0.6 is 0 Å². The van der Waals surface area contributed by atoms with Crippen LogP contribution in [-0.4, -0.2) is 35.9 Å². The third-order valence-electron chi connectivity index (χ3n) is 4.64. The van der Waals surface area contributed by atoms with Crippen molar-refractivity contribution in [3.63, 3.8) is 0 Å². The molecule has 0 saturated carbocycles. The molecule has 1 heterocycles. The maximum Gasteiger partial charge on any atom is 0.246 e. The minimum absolute atomic E-state index is 0.00383. The van der Waals surface area contributed by atoms with Crippen LogP contribution in [0.25, 0.3) is 6.08 Å². The van der Waals surface area contributed by atoms with E-state index in [2.05, 4.69) is 6.92 Å². The first-order chi connectivity index (χ1) is 12.0. The second-order valence-electron chi connectivity index (χ2n) is 6.65. The lowest BCUT2D eigenvalue weighted by molar-refractivity contribution is -0.127. The largest absolute Gasteiger partial charge is 0.490 e. The molecule has 136 valence electrons. The Balaban J connectivity index is 1.94. The number of carbonyl (C=O) groups is 2. The summed E-state index contributed by atoms with van der Waals surface area (Å²) in [6.07, 6.45) is 6.56. The Bertz CT molecular complexity index is 619. The zero-order valence-electron chi connectivity index (χ0n) is 15.1. The summed E-state index contributed by atoms with van der Waals surface area (Å²) in [5.41, 5.74) is 6.15. The first-order valence-electron chi connectivity index (χ1n) is 9.00. The number of ether oxygens (including phenoxy) is 1. The van der Waals surface area contributed by atoms with E-state index in [1.807, 2.05) is 42.2 Å². The van der Waals surface area contributed by atoms with Gasteiger partial charge in [-0.3, -0.25) is 9.59 Å². The zero-order valence-corrected chi connectivity index (χ0v) is 15.1. The van der Waals surface area contributed by atoms with E-state index in [1.165, 1.54) is 0 Å². The summed E-state index contributed by atoms with van der Waals surface area (Å²) in [6, 6.07) is 7.73. The molecule has 2 rings (SSSR count). The van der Waals surface area contributed by atoms with Crippen LogP contribution in [0.3, 0.4) is 0 Å². The van der Waals surface area contributed by atoms with Gasteiger partial charge in [-0.1, -0.05) is 25.1 Å². The molecule has 0 aliphatic carbocycles. The molecule has 5 heteroatoms. The van der Waals surface area contributed by atoms with E-state index in [4.69, 9.17) is 10.5 Å². The molecule has 25 heavy (non-hydrogen) atoms. The molecule has 1 atom stereocenters. The molecular formula is C20H28N2O3. The van der Waals surface area contributed by atoms with Gasteiger partial charge in [-0.05, 0) is 44.2 Å². The number of benzene rings is 1. The third kappa shape index (κ3) is 5.93. The monoisotopic (exact) mass is 344 g/mol. The number of amides is 2. The van der Waals surface area contributed by atoms with Gasteiger partial charge in [0, 0.05) is 31.1 Å². The van der Waals surface area contributed by atoms with Crippen molar-refractivity contribution in [2.45, 2.75) is 45.6 Å². The average molecular weight is 344 g/mol. The van der Waals surface area contributed by atoms with Gasteiger partial charge in [0.05, 0.1) is 6.10 Å². The minimum atomic E-state index is -0.261. The summed E-state index contributed by atoms with van der Waals surface area (Å²) < 4.78 is 5.90. The Morgan fingerprint density at radius 2 is 2.00 bits per heavy atom. The van der Waals surface area contributed by atoms with Gasteiger partial charge in [0.2, 0.25) is 11.8 Å². The van der Waals surface area contributed by atoms with Crippen LogP contribution in [-0.2, 0) is 9.59 Å².